The average molecular weight is 433 g/mol. The lowest BCUT2D eigenvalue weighted by Gasteiger charge is -2.11. The quantitative estimate of drug-likeness (QED) is 0.457. The van der Waals surface area contributed by atoms with E-state index in [1.807, 2.05) is 18.2 Å². The number of rotatable bonds is 5. The summed E-state index contributed by atoms with van der Waals surface area (Å²) in [5.41, 5.74) is 3.20. The molecule has 31 heavy (non-hydrogen) atoms. The Bertz CT molecular complexity index is 1310. The molecule has 0 amide bonds. The molecule has 4 aromatic rings. The maximum atomic E-state index is 11.2. The number of fused-ring (bicyclic) bond motifs is 2. The predicted octanol–water partition coefficient (Wildman–Crippen LogP) is 5.01. The summed E-state index contributed by atoms with van der Waals surface area (Å²) in [6, 6.07) is 12.5. The van der Waals surface area contributed by atoms with Gasteiger partial charge in [0.1, 0.15) is 10.6 Å². The van der Waals surface area contributed by atoms with Crippen LogP contribution in [-0.2, 0) is 6.54 Å². The fourth-order valence-corrected chi connectivity index (χ4v) is 4.53. The van der Waals surface area contributed by atoms with Gasteiger partial charge < -0.3 is 19.9 Å². The summed E-state index contributed by atoms with van der Waals surface area (Å²) in [6.07, 6.45) is 0. The molecule has 7 nitrogen and oxygen atoms in total. The molecule has 2 aromatic heterocycles. The summed E-state index contributed by atoms with van der Waals surface area (Å²) in [5.74, 6) is 1.85. The molecule has 156 valence electrons. The number of carbonyl (C=O) groups is 1. The smallest absolute Gasteiger partial charge is 0.335 e. The zero-order chi connectivity index (χ0) is 21.5. The Morgan fingerprint density at radius 3 is 2.65 bits per heavy atom. The van der Waals surface area contributed by atoms with E-state index >= 15 is 0 Å². The summed E-state index contributed by atoms with van der Waals surface area (Å²) in [5, 5.41) is 13.6. The third-order valence-electron chi connectivity index (χ3n) is 5.32. The fraction of sp³-hybridized carbons (Fsp3) is 0.174. The van der Waals surface area contributed by atoms with Crippen LogP contribution >= 0.6 is 11.3 Å². The number of aromatic carboxylic acids is 1. The van der Waals surface area contributed by atoms with Crippen molar-refractivity contribution in [2.45, 2.75) is 20.4 Å². The largest absolute Gasteiger partial charge is 0.478 e. The summed E-state index contributed by atoms with van der Waals surface area (Å²) in [7, 11) is 0. The van der Waals surface area contributed by atoms with Crippen LogP contribution in [0.1, 0.15) is 26.4 Å². The first-order valence-corrected chi connectivity index (χ1v) is 10.5. The van der Waals surface area contributed by atoms with Crippen molar-refractivity contribution in [2.75, 3.05) is 12.1 Å². The molecule has 0 unspecified atom stereocenters. The molecule has 1 aliphatic rings. The van der Waals surface area contributed by atoms with Crippen molar-refractivity contribution in [3.63, 3.8) is 0 Å². The van der Waals surface area contributed by atoms with E-state index < -0.39 is 5.97 Å². The van der Waals surface area contributed by atoms with Crippen LogP contribution in [0.25, 0.3) is 21.6 Å². The number of carboxylic acids is 1. The third kappa shape index (κ3) is 3.55. The van der Waals surface area contributed by atoms with E-state index in [0.29, 0.717) is 12.4 Å². The molecule has 0 aliphatic carbocycles. The predicted molar refractivity (Wildman–Crippen MR) is 119 cm³/mol. The maximum absolute atomic E-state index is 11.2. The van der Waals surface area contributed by atoms with Crippen LogP contribution in [0.4, 0.5) is 5.82 Å². The third-order valence-corrected chi connectivity index (χ3v) is 6.42. The van der Waals surface area contributed by atoms with Gasteiger partial charge in [0.2, 0.25) is 6.79 Å². The van der Waals surface area contributed by atoms with E-state index in [0.717, 1.165) is 44.2 Å². The molecule has 0 saturated heterocycles. The van der Waals surface area contributed by atoms with Crippen LogP contribution in [0.5, 0.6) is 11.5 Å². The molecule has 3 heterocycles. The van der Waals surface area contributed by atoms with Crippen LogP contribution in [0.3, 0.4) is 0 Å². The van der Waals surface area contributed by atoms with Gasteiger partial charge in [-0.15, -0.1) is 11.3 Å². The maximum Gasteiger partial charge on any atom is 0.335 e. The molecule has 0 spiro atoms. The normalized spacial score (nSPS) is 12.3. The first-order valence-electron chi connectivity index (χ1n) is 9.73. The first kappa shape index (κ1) is 19.3. The van der Waals surface area contributed by atoms with Gasteiger partial charge in [-0.3, -0.25) is 0 Å². The van der Waals surface area contributed by atoms with E-state index in [2.05, 4.69) is 19.2 Å². The first-order chi connectivity index (χ1) is 15.0. The van der Waals surface area contributed by atoms with E-state index in [1.54, 1.807) is 35.6 Å². The number of aromatic nitrogens is 2. The van der Waals surface area contributed by atoms with Gasteiger partial charge in [-0.1, -0.05) is 18.2 Å². The van der Waals surface area contributed by atoms with Gasteiger partial charge in [-0.05, 0) is 49.2 Å². The monoisotopic (exact) mass is 433 g/mol. The second-order valence-electron chi connectivity index (χ2n) is 7.28. The molecule has 1 aliphatic heterocycles. The highest BCUT2D eigenvalue weighted by atomic mass is 32.1. The number of benzene rings is 2. The Hall–Kier alpha value is -3.65. The second kappa shape index (κ2) is 7.55. The van der Waals surface area contributed by atoms with Gasteiger partial charge in [0.25, 0.3) is 0 Å². The summed E-state index contributed by atoms with van der Waals surface area (Å²) < 4.78 is 10.9. The molecule has 0 radical (unpaired) electrons. The Morgan fingerprint density at radius 2 is 1.87 bits per heavy atom. The average Bonchev–Trinajstić information content (AvgIpc) is 3.35. The number of anilines is 1. The number of thiophene rings is 1. The summed E-state index contributed by atoms with van der Waals surface area (Å²) in [6.45, 7) is 4.96. The Kier molecular flexibility index (Phi) is 4.71. The van der Waals surface area contributed by atoms with Crippen molar-refractivity contribution >= 4 is 33.3 Å². The highest BCUT2D eigenvalue weighted by Gasteiger charge is 2.17. The minimum Gasteiger partial charge on any atom is -0.478 e. The van der Waals surface area contributed by atoms with Crippen molar-refractivity contribution in [1.29, 1.82) is 0 Å². The van der Waals surface area contributed by atoms with Crippen molar-refractivity contribution in [3.8, 4) is 22.9 Å². The van der Waals surface area contributed by atoms with Gasteiger partial charge in [0, 0.05) is 17.0 Å². The van der Waals surface area contributed by atoms with Gasteiger partial charge in [0.15, 0.2) is 17.3 Å². The van der Waals surface area contributed by atoms with Gasteiger partial charge >= 0.3 is 5.97 Å². The molecular weight excluding hydrogens is 414 g/mol. The number of hydrogen-bond donors (Lipinski definition) is 2. The zero-order valence-corrected chi connectivity index (χ0v) is 17.7. The van der Waals surface area contributed by atoms with Crippen molar-refractivity contribution in [2.24, 2.45) is 0 Å². The minimum atomic E-state index is -0.960. The lowest BCUT2D eigenvalue weighted by molar-refractivity contribution is 0.0697. The number of ether oxygens (including phenoxy) is 2. The van der Waals surface area contributed by atoms with Crippen LogP contribution in [0.2, 0.25) is 0 Å². The van der Waals surface area contributed by atoms with Crippen LogP contribution in [0, 0.1) is 13.8 Å². The Balaban J connectivity index is 1.52. The van der Waals surface area contributed by atoms with E-state index in [9.17, 15) is 4.79 Å². The lowest BCUT2D eigenvalue weighted by atomic mass is 10.1. The lowest BCUT2D eigenvalue weighted by Crippen LogP contribution is -2.04. The van der Waals surface area contributed by atoms with Crippen molar-refractivity contribution in [1.82, 2.24) is 9.97 Å². The molecular formula is C23H19N3O4S. The zero-order valence-electron chi connectivity index (χ0n) is 16.9. The molecule has 2 N–H and O–H groups in total. The topological polar surface area (TPSA) is 93.6 Å². The number of nitrogens with zero attached hydrogens (tertiary/aromatic N) is 2. The highest BCUT2D eigenvalue weighted by Crippen LogP contribution is 2.36. The molecule has 0 fully saturated rings. The van der Waals surface area contributed by atoms with Crippen LogP contribution in [0.15, 0.2) is 42.5 Å². The minimum absolute atomic E-state index is 0.230. The SMILES string of the molecule is Cc1sc2nc(-c3ccc(C(=O)O)cc3)nc(NCc3ccc4c(c3)OCO4)c2c1C. The number of nitrogens with one attached hydrogen (secondary N) is 1. The molecule has 0 bridgehead atoms. The van der Waals surface area contributed by atoms with Crippen molar-refractivity contribution in [3.05, 3.63) is 64.0 Å². The van der Waals surface area contributed by atoms with Gasteiger partial charge in [-0.25, -0.2) is 14.8 Å². The van der Waals surface area contributed by atoms with Crippen LogP contribution < -0.4 is 14.8 Å². The summed E-state index contributed by atoms with van der Waals surface area (Å²) in [4.78, 5) is 22.8. The second-order valence-corrected chi connectivity index (χ2v) is 8.49. The molecule has 0 atom stereocenters. The fourth-order valence-electron chi connectivity index (χ4n) is 3.51. The number of carboxylic acid groups (broad SMARTS) is 1. The van der Waals surface area contributed by atoms with Crippen molar-refractivity contribution < 1.29 is 19.4 Å². The van der Waals surface area contributed by atoms with E-state index in [1.165, 1.54) is 4.88 Å². The summed E-state index contributed by atoms with van der Waals surface area (Å²) >= 11 is 1.63. The van der Waals surface area contributed by atoms with E-state index in [-0.39, 0.29) is 12.4 Å². The molecule has 0 saturated carbocycles. The van der Waals surface area contributed by atoms with E-state index in [4.69, 9.17) is 24.5 Å². The highest BCUT2D eigenvalue weighted by molar-refractivity contribution is 7.18. The number of aryl methyl sites for hydroxylation is 2. The van der Waals surface area contributed by atoms with Gasteiger partial charge in [0.05, 0.1) is 10.9 Å². The molecule has 2 aromatic carbocycles. The number of hydrogen-bond acceptors (Lipinski definition) is 7. The molecule has 5 rings (SSSR count). The van der Waals surface area contributed by atoms with Crippen LogP contribution in [-0.4, -0.2) is 27.8 Å². The standard InChI is InChI=1S/C23H19N3O4S/c1-12-13(2)31-22-19(12)21(24-10-14-3-8-17-18(9-14)30-11-29-17)25-20(26-22)15-4-6-16(7-5-15)23(27)28/h3-9H,10-11H2,1-2H3,(H,27,28)(H,24,25,26). The molecule has 8 heteroatoms. The van der Waals surface area contributed by atoms with Gasteiger partial charge in [-0.2, -0.15) is 0 Å². The Labute approximate surface area is 182 Å². The Morgan fingerprint density at radius 1 is 1.10 bits per heavy atom.